The zero-order valence-corrected chi connectivity index (χ0v) is 15.3. The maximum atomic E-state index is 10.6. The molecule has 0 unspecified atom stereocenters. The van der Waals surface area contributed by atoms with Gasteiger partial charge in [0.25, 0.3) is 5.82 Å². The van der Waals surface area contributed by atoms with E-state index in [4.69, 9.17) is 4.74 Å². The van der Waals surface area contributed by atoms with Crippen molar-refractivity contribution < 1.29 is 14.4 Å². The maximum Gasteiger partial charge on any atom is 0.257 e. The van der Waals surface area contributed by atoms with Crippen LogP contribution in [0, 0.1) is 6.92 Å². The second kappa shape index (κ2) is 7.70. The van der Waals surface area contributed by atoms with Crippen molar-refractivity contribution in [3.63, 3.8) is 0 Å². The highest BCUT2D eigenvalue weighted by Gasteiger charge is 2.23. The Morgan fingerprint density at radius 1 is 1.12 bits per heavy atom. The fourth-order valence-corrected chi connectivity index (χ4v) is 3.33. The van der Waals surface area contributed by atoms with E-state index in [1.807, 2.05) is 37.3 Å². The fraction of sp³-hybridized carbons (Fsp3) is 0.381. The van der Waals surface area contributed by atoms with E-state index in [2.05, 4.69) is 41.3 Å². The van der Waals surface area contributed by atoms with E-state index in [0.29, 0.717) is 6.54 Å². The van der Waals surface area contributed by atoms with Crippen LogP contribution in [0.15, 0.2) is 48.5 Å². The molecule has 0 aliphatic rings. The molecule has 0 saturated heterocycles. The molecule has 1 aromatic heterocycles. The second-order valence-corrected chi connectivity index (χ2v) is 6.55. The Morgan fingerprint density at radius 3 is 2.60 bits per heavy atom. The summed E-state index contributed by atoms with van der Waals surface area (Å²) in [6.07, 6.45) is 1.49. The molecule has 0 saturated carbocycles. The van der Waals surface area contributed by atoms with Crippen molar-refractivity contribution in [2.45, 2.75) is 39.3 Å². The first-order valence-corrected chi connectivity index (χ1v) is 8.94. The number of benzene rings is 2. The molecule has 3 rings (SSSR count). The summed E-state index contributed by atoms with van der Waals surface area (Å²) in [7, 11) is 2.10. The Morgan fingerprint density at radius 2 is 1.84 bits per heavy atom. The molecule has 0 aliphatic heterocycles. The van der Waals surface area contributed by atoms with Crippen LogP contribution in [0.25, 0.3) is 11.0 Å². The quantitative estimate of drug-likeness (QED) is 0.672. The van der Waals surface area contributed by atoms with Gasteiger partial charge in [-0.25, -0.2) is 9.13 Å². The summed E-state index contributed by atoms with van der Waals surface area (Å²) < 4.78 is 10.3. The zero-order chi connectivity index (χ0) is 17.8. The summed E-state index contributed by atoms with van der Waals surface area (Å²) >= 11 is 0. The van der Waals surface area contributed by atoms with Gasteiger partial charge in [-0.2, -0.15) is 0 Å². The van der Waals surface area contributed by atoms with Crippen molar-refractivity contribution in [1.82, 2.24) is 4.57 Å². The highest BCUT2D eigenvalue weighted by atomic mass is 16.5. The largest absolute Gasteiger partial charge is 0.490 e. The first-order chi connectivity index (χ1) is 12.1. The molecule has 0 spiro atoms. The molecule has 1 N–H and O–H groups in total. The molecule has 0 radical (unpaired) electrons. The van der Waals surface area contributed by atoms with Crippen molar-refractivity contribution in [3.05, 3.63) is 59.9 Å². The highest BCUT2D eigenvalue weighted by Crippen LogP contribution is 2.18. The van der Waals surface area contributed by atoms with E-state index in [9.17, 15) is 5.11 Å². The molecule has 2 aromatic carbocycles. The summed E-state index contributed by atoms with van der Waals surface area (Å²) in [6, 6.07) is 16.2. The number of hydrogen-bond acceptors (Lipinski definition) is 2. The lowest BCUT2D eigenvalue weighted by Crippen LogP contribution is -2.34. The third kappa shape index (κ3) is 3.69. The number of fused-ring (bicyclic) bond motifs is 1. The number of para-hydroxylation sites is 3. The van der Waals surface area contributed by atoms with Crippen molar-refractivity contribution in [1.29, 1.82) is 0 Å². The smallest absolute Gasteiger partial charge is 0.257 e. The number of aliphatic hydroxyl groups excluding tert-OH is 1. The molecule has 0 aliphatic carbocycles. The predicted molar refractivity (Wildman–Crippen MR) is 99.8 cm³/mol. The zero-order valence-electron chi connectivity index (χ0n) is 15.3. The molecule has 1 atom stereocenters. The van der Waals surface area contributed by atoms with Gasteiger partial charge in [0.2, 0.25) is 0 Å². The fourth-order valence-electron chi connectivity index (χ4n) is 3.33. The Kier molecular flexibility index (Phi) is 5.39. The SMILES string of the molecule is CCCc1n(C[C@@H](O)COc2ccccc2C)c2ccccc2[n+]1C. The van der Waals surface area contributed by atoms with Crippen molar-refractivity contribution in [3.8, 4) is 5.75 Å². The Bertz CT molecular complexity index is 854. The third-order valence-corrected chi connectivity index (χ3v) is 4.62. The van der Waals surface area contributed by atoms with E-state index in [1.54, 1.807) is 0 Å². The molecule has 0 amide bonds. The molecule has 4 heteroatoms. The number of aryl methyl sites for hydroxylation is 2. The summed E-state index contributed by atoms with van der Waals surface area (Å²) in [5.41, 5.74) is 3.43. The molecule has 3 aromatic rings. The first kappa shape index (κ1) is 17.5. The molecule has 4 nitrogen and oxygen atoms in total. The third-order valence-electron chi connectivity index (χ3n) is 4.62. The molecule has 1 heterocycles. The van der Waals surface area contributed by atoms with Crippen LogP contribution in [0.5, 0.6) is 5.75 Å². The Hall–Kier alpha value is -2.33. The summed E-state index contributed by atoms with van der Waals surface area (Å²) in [5.74, 6) is 2.07. The van der Waals surface area contributed by atoms with Gasteiger partial charge < -0.3 is 9.84 Å². The van der Waals surface area contributed by atoms with E-state index in [-0.39, 0.29) is 6.61 Å². The normalized spacial score (nSPS) is 12.5. The van der Waals surface area contributed by atoms with Gasteiger partial charge in [-0.05, 0) is 37.1 Å². The molecule has 0 bridgehead atoms. The van der Waals surface area contributed by atoms with E-state index in [0.717, 1.165) is 29.7 Å². The topological polar surface area (TPSA) is 38.3 Å². The minimum absolute atomic E-state index is 0.284. The van der Waals surface area contributed by atoms with E-state index >= 15 is 0 Å². The Balaban J connectivity index is 1.79. The van der Waals surface area contributed by atoms with Gasteiger partial charge in [0, 0.05) is 6.42 Å². The van der Waals surface area contributed by atoms with Crippen molar-refractivity contribution in [2.75, 3.05) is 6.61 Å². The number of nitrogens with zero attached hydrogens (tertiary/aromatic N) is 2. The lowest BCUT2D eigenvalue weighted by molar-refractivity contribution is -0.654. The summed E-state index contributed by atoms with van der Waals surface area (Å²) in [5, 5.41) is 10.6. The van der Waals surface area contributed by atoms with Gasteiger partial charge in [-0.3, -0.25) is 0 Å². The lowest BCUT2D eigenvalue weighted by Gasteiger charge is -2.13. The summed E-state index contributed by atoms with van der Waals surface area (Å²) in [6.45, 7) is 5.01. The number of hydrogen-bond donors (Lipinski definition) is 1. The molecule has 25 heavy (non-hydrogen) atoms. The van der Waals surface area contributed by atoms with Gasteiger partial charge in [-0.15, -0.1) is 0 Å². The van der Waals surface area contributed by atoms with Gasteiger partial charge in [0.15, 0.2) is 11.0 Å². The number of aliphatic hydroxyl groups is 1. The minimum atomic E-state index is -0.564. The second-order valence-electron chi connectivity index (χ2n) is 6.55. The van der Waals surface area contributed by atoms with Gasteiger partial charge in [-0.1, -0.05) is 37.3 Å². The van der Waals surface area contributed by atoms with E-state index in [1.165, 1.54) is 11.3 Å². The first-order valence-electron chi connectivity index (χ1n) is 8.94. The van der Waals surface area contributed by atoms with Crippen LogP contribution in [0.4, 0.5) is 0 Å². The molecule has 132 valence electrons. The van der Waals surface area contributed by atoms with Gasteiger partial charge in [0.05, 0.1) is 7.05 Å². The van der Waals surface area contributed by atoms with Gasteiger partial charge in [0.1, 0.15) is 25.0 Å². The highest BCUT2D eigenvalue weighted by molar-refractivity contribution is 5.72. The van der Waals surface area contributed by atoms with Crippen LogP contribution >= 0.6 is 0 Å². The van der Waals surface area contributed by atoms with Crippen LogP contribution in [0.1, 0.15) is 24.7 Å². The van der Waals surface area contributed by atoms with Crippen LogP contribution in [0.3, 0.4) is 0 Å². The average molecular weight is 339 g/mol. The monoisotopic (exact) mass is 339 g/mol. The van der Waals surface area contributed by atoms with E-state index < -0.39 is 6.10 Å². The maximum absolute atomic E-state index is 10.6. The molecular weight excluding hydrogens is 312 g/mol. The minimum Gasteiger partial charge on any atom is -0.490 e. The molecular formula is C21H27N2O2+. The van der Waals surface area contributed by atoms with Crippen LogP contribution in [-0.4, -0.2) is 22.4 Å². The van der Waals surface area contributed by atoms with Crippen LogP contribution in [-0.2, 0) is 20.0 Å². The number of ether oxygens (including phenoxy) is 1. The predicted octanol–water partition coefficient (Wildman–Crippen LogP) is 3.17. The van der Waals surface area contributed by atoms with Crippen LogP contribution < -0.4 is 9.30 Å². The standard InChI is InChI=1S/C21H27N2O2/c1-4-9-21-22(3)18-11-6-7-12-19(18)23(21)14-17(24)15-25-20-13-8-5-10-16(20)2/h5-8,10-13,17,24H,4,9,14-15H2,1-3H3/q+1/t17-/m1/s1. The number of rotatable bonds is 7. The van der Waals surface area contributed by atoms with Crippen LogP contribution in [0.2, 0.25) is 0 Å². The summed E-state index contributed by atoms with van der Waals surface area (Å²) in [4.78, 5) is 0. The van der Waals surface area contributed by atoms with Crippen molar-refractivity contribution in [2.24, 2.45) is 7.05 Å². The Labute approximate surface area is 149 Å². The van der Waals surface area contributed by atoms with Gasteiger partial charge >= 0.3 is 0 Å². The lowest BCUT2D eigenvalue weighted by atomic mass is 10.2. The molecule has 0 fully saturated rings. The van der Waals surface area contributed by atoms with Crippen molar-refractivity contribution >= 4 is 11.0 Å². The number of aromatic nitrogens is 2. The average Bonchev–Trinajstić information content (AvgIpc) is 2.88. The number of imidazole rings is 1.